The molecule has 0 aliphatic carbocycles. The number of rotatable bonds is 1. The summed E-state index contributed by atoms with van der Waals surface area (Å²) in [5.41, 5.74) is 1.83. The van der Waals surface area contributed by atoms with E-state index < -0.39 is 5.97 Å². The van der Waals surface area contributed by atoms with E-state index in [9.17, 15) is 4.79 Å². The average Bonchev–Trinajstić information content (AvgIpc) is 2.71. The fourth-order valence-corrected chi connectivity index (χ4v) is 1.62. The minimum absolute atomic E-state index is 0.0129. The summed E-state index contributed by atoms with van der Waals surface area (Å²) >= 11 is 9.53. The van der Waals surface area contributed by atoms with Gasteiger partial charge < -0.3 is 9.52 Å². The van der Waals surface area contributed by atoms with Gasteiger partial charge in [-0.2, -0.15) is 0 Å². The number of furan rings is 1. The van der Waals surface area contributed by atoms with Gasteiger partial charge in [-0.1, -0.05) is 26.8 Å². The number of carbonyl (C=O) groups is 1. The van der Waals surface area contributed by atoms with E-state index in [2.05, 4.69) is 20.8 Å². The summed E-state index contributed by atoms with van der Waals surface area (Å²) in [6.07, 6.45) is 0. The highest BCUT2D eigenvalue weighted by Crippen LogP contribution is 2.27. The topological polar surface area (TPSA) is 50.4 Å². The van der Waals surface area contributed by atoms with Gasteiger partial charge in [0, 0.05) is 5.39 Å². The summed E-state index contributed by atoms with van der Waals surface area (Å²) in [4.78, 5) is 10.8. The van der Waals surface area contributed by atoms with Gasteiger partial charge in [0.05, 0.1) is 5.34 Å². The van der Waals surface area contributed by atoms with E-state index >= 15 is 0 Å². The van der Waals surface area contributed by atoms with Crippen LogP contribution in [-0.4, -0.2) is 16.4 Å². The fraction of sp³-hybridized carbons (Fsp3) is 0.357. The summed E-state index contributed by atoms with van der Waals surface area (Å²) < 4.78 is 5.20. The van der Waals surface area contributed by atoms with Crippen molar-refractivity contribution >= 4 is 40.1 Å². The number of fused-ring (bicyclic) bond motifs is 1. The lowest BCUT2D eigenvalue weighted by molar-refractivity contribution is 0.0665. The zero-order chi connectivity index (χ0) is 14.6. The molecule has 0 atom stereocenters. The lowest BCUT2D eigenvalue weighted by atomic mass is 9.86. The van der Waals surface area contributed by atoms with Crippen molar-refractivity contribution in [2.24, 2.45) is 0 Å². The van der Waals surface area contributed by atoms with Crippen molar-refractivity contribution < 1.29 is 14.3 Å². The van der Waals surface area contributed by atoms with Crippen molar-refractivity contribution in [3.05, 3.63) is 35.6 Å². The number of benzene rings is 1. The summed E-state index contributed by atoms with van der Waals surface area (Å²) in [6, 6.07) is 7.33. The molecule has 0 aliphatic heterocycles. The van der Waals surface area contributed by atoms with Gasteiger partial charge in [0.15, 0.2) is 0 Å². The van der Waals surface area contributed by atoms with Crippen LogP contribution in [0.25, 0.3) is 11.0 Å². The SMILES string of the molecule is CC(C)(C)c1ccc2oc(C(=O)O)cc2c1.ClCCl. The molecule has 0 aliphatic rings. The summed E-state index contributed by atoms with van der Waals surface area (Å²) in [5, 5.41) is 9.85. The normalized spacial score (nSPS) is 11.0. The average molecular weight is 303 g/mol. The van der Waals surface area contributed by atoms with Crippen LogP contribution < -0.4 is 0 Å². The Bertz CT molecular complexity index is 568. The predicted molar refractivity (Wildman–Crippen MR) is 78.4 cm³/mol. The second-order valence-corrected chi connectivity index (χ2v) is 5.83. The maximum Gasteiger partial charge on any atom is 0.371 e. The van der Waals surface area contributed by atoms with Crippen LogP contribution in [0.2, 0.25) is 0 Å². The van der Waals surface area contributed by atoms with Crippen LogP contribution in [0.5, 0.6) is 0 Å². The van der Waals surface area contributed by atoms with Crippen LogP contribution >= 0.6 is 23.2 Å². The fourth-order valence-electron chi connectivity index (χ4n) is 1.62. The third-order valence-corrected chi connectivity index (χ3v) is 2.59. The first-order chi connectivity index (χ1) is 8.79. The molecule has 2 rings (SSSR count). The Morgan fingerprint density at radius 3 is 2.32 bits per heavy atom. The largest absolute Gasteiger partial charge is 0.475 e. The number of alkyl halides is 2. The molecule has 0 spiro atoms. The highest BCUT2D eigenvalue weighted by molar-refractivity contribution is 6.40. The molecule has 0 amide bonds. The Morgan fingerprint density at radius 1 is 1.26 bits per heavy atom. The van der Waals surface area contributed by atoms with Gasteiger partial charge in [-0.05, 0) is 29.2 Å². The maximum absolute atomic E-state index is 10.8. The lowest BCUT2D eigenvalue weighted by Crippen LogP contribution is -2.10. The number of halogens is 2. The summed E-state index contributed by atoms with van der Waals surface area (Å²) in [5.74, 6) is -1.05. The Morgan fingerprint density at radius 2 is 1.84 bits per heavy atom. The van der Waals surface area contributed by atoms with Gasteiger partial charge in [-0.3, -0.25) is 0 Å². The van der Waals surface area contributed by atoms with Crippen molar-refractivity contribution in [3.8, 4) is 0 Å². The highest BCUT2D eigenvalue weighted by Gasteiger charge is 2.16. The molecule has 19 heavy (non-hydrogen) atoms. The van der Waals surface area contributed by atoms with E-state index in [1.54, 1.807) is 6.07 Å². The molecule has 0 saturated carbocycles. The number of hydrogen-bond donors (Lipinski definition) is 1. The van der Waals surface area contributed by atoms with E-state index in [0.29, 0.717) is 5.58 Å². The summed E-state index contributed by atoms with van der Waals surface area (Å²) in [7, 11) is 0. The van der Waals surface area contributed by atoms with E-state index in [-0.39, 0.29) is 16.5 Å². The summed E-state index contributed by atoms with van der Waals surface area (Å²) in [6.45, 7) is 6.35. The molecule has 3 nitrogen and oxygen atoms in total. The monoisotopic (exact) mass is 302 g/mol. The third-order valence-electron chi connectivity index (χ3n) is 2.59. The molecule has 0 bridgehead atoms. The van der Waals surface area contributed by atoms with Crippen molar-refractivity contribution in [2.45, 2.75) is 26.2 Å². The van der Waals surface area contributed by atoms with Crippen molar-refractivity contribution in [3.63, 3.8) is 0 Å². The first-order valence-corrected chi connectivity index (χ1v) is 6.75. The molecule has 1 N–H and O–H groups in total. The third kappa shape index (κ3) is 4.15. The number of carboxylic acids is 1. The lowest BCUT2D eigenvalue weighted by Gasteiger charge is -2.18. The van der Waals surface area contributed by atoms with Crippen LogP contribution in [-0.2, 0) is 5.41 Å². The molecule has 0 saturated heterocycles. The zero-order valence-corrected chi connectivity index (χ0v) is 12.5. The van der Waals surface area contributed by atoms with E-state index in [1.165, 1.54) is 0 Å². The van der Waals surface area contributed by atoms with Gasteiger partial charge in [0.1, 0.15) is 5.58 Å². The maximum atomic E-state index is 10.8. The van der Waals surface area contributed by atoms with E-state index in [0.717, 1.165) is 10.9 Å². The van der Waals surface area contributed by atoms with Crippen molar-refractivity contribution in [1.82, 2.24) is 0 Å². The van der Waals surface area contributed by atoms with E-state index in [4.69, 9.17) is 32.7 Å². The Labute approximate surface area is 122 Å². The van der Waals surface area contributed by atoms with Crippen molar-refractivity contribution in [1.29, 1.82) is 0 Å². The molecule has 0 radical (unpaired) electrons. The molecule has 0 unspecified atom stereocenters. The van der Waals surface area contributed by atoms with Gasteiger partial charge in [0.25, 0.3) is 0 Å². The smallest absolute Gasteiger partial charge is 0.371 e. The molecule has 1 heterocycles. The molecule has 1 aromatic carbocycles. The first kappa shape index (κ1) is 15.9. The number of hydrogen-bond acceptors (Lipinski definition) is 2. The van der Waals surface area contributed by atoms with Crippen LogP contribution in [0.3, 0.4) is 0 Å². The van der Waals surface area contributed by atoms with Crippen LogP contribution in [0.4, 0.5) is 0 Å². The second-order valence-electron chi connectivity index (χ2n) is 5.02. The quantitative estimate of drug-likeness (QED) is 0.766. The minimum atomic E-state index is -1.03. The van der Waals surface area contributed by atoms with E-state index in [1.807, 2.05) is 18.2 Å². The molecule has 2 aromatic rings. The van der Waals surface area contributed by atoms with Gasteiger partial charge >= 0.3 is 5.97 Å². The Balaban J connectivity index is 0.000000550. The standard InChI is InChI=1S/C13H14O3.CH2Cl2/c1-13(2,3)9-4-5-10-8(6-9)7-11(16-10)12(14)15;2-1-3/h4-7H,1-3H3,(H,14,15);1H2. The molecule has 0 fully saturated rings. The predicted octanol–water partition coefficient (Wildman–Crippen LogP) is 4.85. The molecule has 104 valence electrons. The highest BCUT2D eigenvalue weighted by atomic mass is 35.5. The van der Waals surface area contributed by atoms with Crippen LogP contribution in [0.1, 0.15) is 36.9 Å². The second kappa shape index (κ2) is 6.31. The number of carboxylic acid groups (broad SMARTS) is 1. The van der Waals surface area contributed by atoms with Gasteiger partial charge in [-0.15, -0.1) is 23.2 Å². The van der Waals surface area contributed by atoms with Gasteiger partial charge in [0.2, 0.25) is 5.76 Å². The zero-order valence-electron chi connectivity index (χ0n) is 11.0. The van der Waals surface area contributed by atoms with Gasteiger partial charge in [-0.25, -0.2) is 4.79 Å². The van der Waals surface area contributed by atoms with Crippen LogP contribution in [0.15, 0.2) is 28.7 Å². The molecule has 5 heteroatoms. The first-order valence-electron chi connectivity index (χ1n) is 5.69. The molecular formula is C14H16Cl2O3. The minimum Gasteiger partial charge on any atom is -0.475 e. The molecule has 1 aromatic heterocycles. The van der Waals surface area contributed by atoms with Crippen molar-refractivity contribution in [2.75, 3.05) is 5.34 Å². The Kier molecular flexibility index (Phi) is 5.27. The number of aromatic carboxylic acids is 1. The Hall–Kier alpha value is -1.19. The van der Waals surface area contributed by atoms with Crippen LogP contribution in [0, 0.1) is 0 Å². The molecular weight excluding hydrogens is 287 g/mol.